The first-order valence-electron chi connectivity index (χ1n) is 6.74. The summed E-state index contributed by atoms with van der Waals surface area (Å²) in [6, 6.07) is 0. The van der Waals surface area contributed by atoms with Crippen LogP contribution in [0, 0.1) is 0 Å². The predicted octanol–water partition coefficient (Wildman–Crippen LogP) is 3.34. The van der Waals surface area contributed by atoms with Crippen LogP contribution in [0.1, 0.15) is 59.3 Å². The smallest absolute Gasteiger partial charge is 0.335 e. The highest BCUT2D eigenvalue weighted by molar-refractivity contribution is 5.86. The van der Waals surface area contributed by atoms with Crippen molar-refractivity contribution in [3.8, 4) is 0 Å². The molecule has 0 unspecified atom stereocenters. The quantitative estimate of drug-likeness (QED) is 0.689. The Kier molecular flexibility index (Phi) is 3.19. The summed E-state index contributed by atoms with van der Waals surface area (Å²) in [5, 5.41) is 0. The number of rotatable bonds is 5. The van der Waals surface area contributed by atoms with Gasteiger partial charge in [-0.25, -0.2) is 4.79 Å². The van der Waals surface area contributed by atoms with Gasteiger partial charge in [-0.1, -0.05) is 27.2 Å². The molecule has 2 aliphatic rings. The van der Waals surface area contributed by atoms with Gasteiger partial charge in [-0.15, -0.1) is 0 Å². The lowest BCUT2D eigenvalue weighted by atomic mass is 9.83. The molecule has 0 amide bonds. The Morgan fingerprint density at radius 2 is 2.00 bits per heavy atom. The third-order valence-electron chi connectivity index (χ3n) is 4.13. The summed E-state index contributed by atoms with van der Waals surface area (Å²) >= 11 is 0. The summed E-state index contributed by atoms with van der Waals surface area (Å²) in [4.78, 5) is 11.4. The van der Waals surface area contributed by atoms with Crippen LogP contribution in [0.15, 0.2) is 11.8 Å². The summed E-state index contributed by atoms with van der Waals surface area (Å²) in [6.07, 6.45) is 7.52. The molecular formula is C14H22O3. The van der Waals surface area contributed by atoms with Gasteiger partial charge in [0.1, 0.15) is 11.4 Å². The maximum Gasteiger partial charge on any atom is 0.335 e. The van der Waals surface area contributed by atoms with E-state index in [1.54, 1.807) is 0 Å². The van der Waals surface area contributed by atoms with Crippen LogP contribution in [0.25, 0.3) is 0 Å². The number of carbonyl (C=O) groups excluding carboxylic acids is 1. The molecule has 0 N–H and O–H groups in total. The molecule has 17 heavy (non-hydrogen) atoms. The molecule has 0 saturated carbocycles. The molecule has 96 valence electrons. The van der Waals surface area contributed by atoms with Crippen LogP contribution in [0.4, 0.5) is 0 Å². The summed E-state index contributed by atoms with van der Waals surface area (Å²) in [7, 11) is 0. The monoisotopic (exact) mass is 238 g/mol. The molecule has 0 aromatic heterocycles. The predicted molar refractivity (Wildman–Crippen MR) is 65.4 cm³/mol. The van der Waals surface area contributed by atoms with Gasteiger partial charge >= 0.3 is 5.97 Å². The number of fused-ring (bicyclic) bond motifs is 1. The van der Waals surface area contributed by atoms with E-state index in [2.05, 4.69) is 20.8 Å². The van der Waals surface area contributed by atoms with Crippen molar-refractivity contribution in [2.45, 2.75) is 70.5 Å². The van der Waals surface area contributed by atoms with Crippen molar-refractivity contribution < 1.29 is 14.3 Å². The highest BCUT2D eigenvalue weighted by Gasteiger charge is 2.56. The molecule has 0 aromatic rings. The molecule has 0 aromatic carbocycles. The zero-order valence-electron chi connectivity index (χ0n) is 11.0. The second-order valence-electron chi connectivity index (χ2n) is 5.20. The van der Waals surface area contributed by atoms with E-state index in [9.17, 15) is 4.79 Å². The zero-order valence-corrected chi connectivity index (χ0v) is 11.0. The minimum Gasteiger partial charge on any atom is -0.487 e. The number of unbranched alkanes of at least 4 members (excludes halogenated alkanes) is 1. The number of esters is 1. The van der Waals surface area contributed by atoms with Crippen LogP contribution >= 0.6 is 0 Å². The van der Waals surface area contributed by atoms with E-state index >= 15 is 0 Å². The fourth-order valence-corrected chi connectivity index (χ4v) is 2.93. The second-order valence-corrected chi connectivity index (χ2v) is 5.20. The van der Waals surface area contributed by atoms with Crippen molar-refractivity contribution in [2.24, 2.45) is 0 Å². The summed E-state index contributed by atoms with van der Waals surface area (Å²) < 4.78 is 11.6. The fourth-order valence-electron chi connectivity index (χ4n) is 2.93. The third-order valence-corrected chi connectivity index (χ3v) is 4.13. The highest BCUT2D eigenvalue weighted by Crippen LogP contribution is 2.51. The zero-order chi connectivity index (χ0) is 12.5. The lowest BCUT2D eigenvalue weighted by Crippen LogP contribution is -2.34. The van der Waals surface area contributed by atoms with Gasteiger partial charge in [-0.05, 0) is 25.7 Å². The van der Waals surface area contributed by atoms with Crippen molar-refractivity contribution in [1.82, 2.24) is 0 Å². The van der Waals surface area contributed by atoms with Crippen LogP contribution < -0.4 is 0 Å². The molecule has 2 atom stereocenters. The van der Waals surface area contributed by atoms with Gasteiger partial charge in [-0.3, -0.25) is 0 Å². The van der Waals surface area contributed by atoms with Gasteiger partial charge in [0.25, 0.3) is 0 Å². The van der Waals surface area contributed by atoms with E-state index in [4.69, 9.17) is 9.47 Å². The van der Waals surface area contributed by atoms with Crippen molar-refractivity contribution >= 4 is 5.97 Å². The highest BCUT2D eigenvalue weighted by atomic mass is 16.6. The van der Waals surface area contributed by atoms with E-state index < -0.39 is 5.60 Å². The van der Waals surface area contributed by atoms with Gasteiger partial charge in [0.15, 0.2) is 5.60 Å². The number of hydrogen-bond acceptors (Lipinski definition) is 3. The van der Waals surface area contributed by atoms with Gasteiger partial charge in [0, 0.05) is 6.42 Å². The average molecular weight is 238 g/mol. The van der Waals surface area contributed by atoms with Gasteiger partial charge in [-0.2, -0.15) is 0 Å². The first kappa shape index (κ1) is 12.5. The summed E-state index contributed by atoms with van der Waals surface area (Å²) in [5.41, 5.74) is -0.570. The number of carbonyl (C=O) groups is 1. The minimum absolute atomic E-state index is 0.113. The Balaban J connectivity index is 2.21. The van der Waals surface area contributed by atoms with Crippen LogP contribution in [-0.2, 0) is 14.3 Å². The first-order valence-corrected chi connectivity index (χ1v) is 6.74. The van der Waals surface area contributed by atoms with Gasteiger partial charge in [0.05, 0.1) is 6.08 Å². The standard InChI is InChI=1S/C14H22O3/c1-4-7-8-13(5-2)10-14(6-3)11(16-13)9-12(15)17-14/h9H,4-8,10H2,1-3H3/t13-,14-/m0/s1. The van der Waals surface area contributed by atoms with Crippen LogP contribution in [0.2, 0.25) is 0 Å². The number of hydrogen-bond donors (Lipinski definition) is 0. The maximum absolute atomic E-state index is 11.4. The van der Waals surface area contributed by atoms with Crippen molar-refractivity contribution in [1.29, 1.82) is 0 Å². The molecule has 1 saturated heterocycles. The van der Waals surface area contributed by atoms with E-state index in [0.29, 0.717) is 0 Å². The molecule has 0 radical (unpaired) electrons. The first-order chi connectivity index (χ1) is 8.10. The summed E-state index contributed by atoms with van der Waals surface area (Å²) in [5.74, 6) is 0.519. The summed E-state index contributed by atoms with van der Waals surface area (Å²) in [6.45, 7) is 6.40. The van der Waals surface area contributed by atoms with E-state index in [-0.39, 0.29) is 11.6 Å². The van der Waals surface area contributed by atoms with E-state index in [1.165, 1.54) is 12.5 Å². The molecule has 0 spiro atoms. The topological polar surface area (TPSA) is 35.5 Å². The molecule has 2 aliphatic heterocycles. The second kappa shape index (κ2) is 4.35. The molecule has 2 rings (SSSR count). The van der Waals surface area contributed by atoms with Crippen molar-refractivity contribution in [2.75, 3.05) is 0 Å². The van der Waals surface area contributed by atoms with Crippen molar-refractivity contribution in [3.63, 3.8) is 0 Å². The van der Waals surface area contributed by atoms with Crippen LogP contribution in [-0.4, -0.2) is 17.2 Å². The molecule has 3 nitrogen and oxygen atoms in total. The van der Waals surface area contributed by atoms with E-state index in [0.717, 1.165) is 37.9 Å². The fraction of sp³-hybridized carbons (Fsp3) is 0.786. The Labute approximate surface area is 103 Å². The Morgan fingerprint density at radius 1 is 1.24 bits per heavy atom. The molecule has 0 aliphatic carbocycles. The van der Waals surface area contributed by atoms with Crippen molar-refractivity contribution in [3.05, 3.63) is 11.8 Å². The molecule has 2 heterocycles. The normalized spacial score (nSPS) is 35.2. The third kappa shape index (κ3) is 1.96. The lowest BCUT2D eigenvalue weighted by Gasteiger charge is -2.28. The molecule has 3 heteroatoms. The average Bonchev–Trinajstić information content (AvgIpc) is 2.77. The van der Waals surface area contributed by atoms with Gasteiger partial charge in [0.2, 0.25) is 0 Å². The largest absolute Gasteiger partial charge is 0.487 e. The lowest BCUT2D eigenvalue weighted by molar-refractivity contribution is -0.146. The SMILES string of the molecule is CCCC[C@@]1(CC)C[C@]2(CC)OC(=O)C=C2O1. The number of ether oxygens (including phenoxy) is 2. The Morgan fingerprint density at radius 3 is 2.53 bits per heavy atom. The molecule has 1 fully saturated rings. The Hall–Kier alpha value is -0.990. The van der Waals surface area contributed by atoms with Crippen LogP contribution in [0.3, 0.4) is 0 Å². The minimum atomic E-state index is -0.458. The molecular weight excluding hydrogens is 216 g/mol. The maximum atomic E-state index is 11.4. The van der Waals surface area contributed by atoms with E-state index in [1.807, 2.05) is 0 Å². The van der Waals surface area contributed by atoms with Gasteiger partial charge < -0.3 is 9.47 Å². The Bertz CT molecular complexity index is 347. The molecule has 0 bridgehead atoms. The van der Waals surface area contributed by atoms with Crippen LogP contribution in [0.5, 0.6) is 0 Å².